The molecule has 0 aliphatic carbocycles. The maximum absolute atomic E-state index is 13.1. The Morgan fingerprint density at radius 1 is 1.46 bits per heavy atom. The zero-order valence-electron chi connectivity index (χ0n) is 6.57. The molecule has 13 heavy (non-hydrogen) atoms. The first kappa shape index (κ1) is 8.12. The average Bonchev–Trinajstić information content (AvgIpc) is 2.53. The van der Waals surface area contributed by atoms with Crippen LogP contribution in [0, 0.1) is 5.82 Å². The predicted octanol–water partition coefficient (Wildman–Crippen LogP) is 1.93. The van der Waals surface area contributed by atoms with E-state index in [2.05, 4.69) is 9.97 Å². The van der Waals surface area contributed by atoms with Crippen LogP contribution in [0.1, 0.15) is 0 Å². The number of nitrogens with zero attached hydrogens (tertiary/aromatic N) is 2. The van der Waals surface area contributed by atoms with Crippen molar-refractivity contribution in [3.63, 3.8) is 0 Å². The summed E-state index contributed by atoms with van der Waals surface area (Å²) in [5, 5.41) is 2.17. The minimum atomic E-state index is -0.378. The molecule has 66 valence electrons. The van der Waals surface area contributed by atoms with E-state index in [1.807, 2.05) is 0 Å². The zero-order chi connectivity index (χ0) is 9.26. The van der Waals surface area contributed by atoms with Gasteiger partial charge in [0.25, 0.3) is 0 Å². The van der Waals surface area contributed by atoms with Crippen LogP contribution in [0.4, 0.5) is 10.2 Å². The number of hydrogen-bond donors (Lipinski definition) is 1. The summed E-state index contributed by atoms with van der Waals surface area (Å²) in [7, 11) is 0. The van der Waals surface area contributed by atoms with Crippen molar-refractivity contribution in [3.8, 4) is 10.7 Å². The lowest BCUT2D eigenvalue weighted by Gasteiger charge is -1.95. The largest absolute Gasteiger partial charge is 0.383 e. The maximum atomic E-state index is 13.1. The second-order valence-electron chi connectivity index (χ2n) is 2.41. The third-order valence-corrected chi connectivity index (χ3v) is 2.35. The molecular formula is C8H6FN3S. The average molecular weight is 195 g/mol. The van der Waals surface area contributed by atoms with Crippen LogP contribution < -0.4 is 5.73 Å². The molecule has 2 N–H and O–H groups in total. The Labute approximate surface area is 78.1 Å². The molecule has 0 atom stereocenters. The molecule has 0 radical (unpaired) electrons. The lowest BCUT2D eigenvalue weighted by Crippen LogP contribution is -1.88. The van der Waals surface area contributed by atoms with Crippen LogP contribution >= 0.6 is 11.3 Å². The van der Waals surface area contributed by atoms with Crippen LogP contribution in [0.3, 0.4) is 0 Å². The van der Waals surface area contributed by atoms with Crippen molar-refractivity contribution < 1.29 is 4.39 Å². The molecule has 2 aromatic rings. The molecule has 3 nitrogen and oxygen atoms in total. The van der Waals surface area contributed by atoms with Crippen molar-refractivity contribution in [1.82, 2.24) is 9.97 Å². The molecule has 0 saturated heterocycles. The fourth-order valence-electron chi connectivity index (χ4n) is 0.938. The minimum Gasteiger partial charge on any atom is -0.383 e. The molecule has 2 heterocycles. The van der Waals surface area contributed by atoms with Crippen molar-refractivity contribution in [2.24, 2.45) is 0 Å². The summed E-state index contributed by atoms with van der Waals surface area (Å²) in [6.45, 7) is 0. The summed E-state index contributed by atoms with van der Waals surface area (Å²) in [6.07, 6.45) is 1.52. The highest BCUT2D eigenvalue weighted by atomic mass is 32.1. The normalized spacial score (nSPS) is 10.2. The third-order valence-electron chi connectivity index (χ3n) is 1.48. The van der Waals surface area contributed by atoms with Gasteiger partial charge in [-0.15, -0.1) is 11.3 Å². The van der Waals surface area contributed by atoms with Gasteiger partial charge >= 0.3 is 0 Å². The van der Waals surface area contributed by atoms with Gasteiger partial charge in [0, 0.05) is 11.6 Å². The Balaban J connectivity index is 2.52. The van der Waals surface area contributed by atoms with Crippen molar-refractivity contribution in [1.29, 1.82) is 0 Å². The summed E-state index contributed by atoms with van der Waals surface area (Å²) in [6, 6.07) is 2.88. The topological polar surface area (TPSA) is 51.8 Å². The molecule has 0 amide bonds. The van der Waals surface area contributed by atoms with E-state index in [0.29, 0.717) is 10.8 Å². The van der Waals surface area contributed by atoms with Gasteiger partial charge in [0.05, 0.1) is 0 Å². The van der Waals surface area contributed by atoms with Crippen molar-refractivity contribution in [2.45, 2.75) is 0 Å². The Morgan fingerprint density at radius 2 is 2.31 bits per heavy atom. The summed E-state index contributed by atoms with van der Waals surface area (Å²) >= 11 is 1.28. The molecule has 0 aromatic carbocycles. The fraction of sp³-hybridized carbons (Fsp3) is 0. The van der Waals surface area contributed by atoms with Crippen LogP contribution in [0.25, 0.3) is 10.7 Å². The first-order valence-electron chi connectivity index (χ1n) is 3.59. The number of aromatic nitrogens is 2. The fourth-order valence-corrected chi connectivity index (χ4v) is 1.64. The molecule has 2 rings (SSSR count). The molecule has 0 aliphatic heterocycles. The smallest absolute Gasteiger partial charge is 0.151 e. The highest BCUT2D eigenvalue weighted by molar-refractivity contribution is 7.13. The number of pyridine rings is 1. The first-order chi connectivity index (χ1) is 6.27. The van der Waals surface area contributed by atoms with Crippen LogP contribution in [0.15, 0.2) is 23.7 Å². The van der Waals surface area contributed by atoms with Gasteiger partial charge in [0.15, 0.2) is 5.82 Å². The molecule has 0 aliphatic rings. The van der Waals surface area contributed by atoms with Gasteiger partial charge in [-0.2, -0.15) is 0 Å². The Kier molecular flexibility index (Phi) is 1.94. The number of thiazole rings is 1. The summed E-state index contributed by atoms with van der Waals surface area (Å²) in [5.74, 6) is 0.0157. The molecule has 0 saturated carbocycles. The van der Waals surface area contributed by atoms with E-state index < -0.39 is 0 Å². The van der Waals surface area contributed by atoms with E-state index >= 15 is 0 Å². The zero-order valence-corrected chi connectivity index (χ0v) is 7.38. The minimum absolute atomic E-state index is 0.254. The monoisotopic (exact) mass is 195 g/mol. The number of anilines is 1. The van der Waals surface area contributed by atoms with Gasteiger partial charge in [-0.1, -0.05) is 0 Å². The number of halogens is 1. The Morgan fingerprint density at radius 3 is 2.92 bits per heavy atom. The molecule has 0 fully saturated rings. The van der Waals surface area contributed by atoms with Crippen LogP contribution in [0.5, 0.6) is 0 Å². The van der Waals surface area contributed by atoms with Crippen LogP contribution in [-0.4, -0.2) is 9.97 Å². The van der Waals surface area contributed by atoms with Gasteiger partial charge in [0.2, 0.25) is 0 Å². The molecule has 0 spiro atoms. The van der Waals surface area contributed by atoms with Gasteiger partial charge < -0.3 is 5.73 Å². The number of nitrogens with two attached hydrogens (primary N) is 1. The number of rotatable bonds is 1. The SMILES string of the molecule is Nc1csc(-c2ncccc2F)n1. The quantitative estimate of drug-likeness (QED) is 0.756. The second-order valence-corrected chi connectivity index (χ2v) is 3.27. The molecule has 5 heteroatoms. The molecule has 0 bridgehead atoms. The van der Waals surface area contributed by atoms with Crippen LogP contribution in [-0.2, 0) is 0 Å². The predicted molar refractivity (Wildman–Crippen MR) is 49.7 cm³/mol. The molecular weight excluding hydrogens is 189 g/mol. The van der Waals surface area contributed by atoms with Crippen molar-refractivity contribution >= 4 is 17.2 Å². The Hall–Kier alpha value is -1.49. The highest BCUT2D eigenvalue weighted by Crippen LogP contribution is 2.24. The first-order valence-corrected chi connectivity index (χ1v) is 4.47. The highest BCUT2D eigenvalue weighted by Gasteiger charge is 2.08. The van der Waals surface area contributed by atoms with E-state index in [1.165, 1.54) is 29.7 Å². The summed E-state index contributed by atoms with van der Waals surface area (Å²) < 4.78 is 13.1. The van der Waals surface area contributed by atoms with E-state index in [0.717, 1.165) is 0 Å². The lowest BCUT2D eigenvalue weighted by atomic mass is 10.3. The maximum Gasteiger partial charge on any atom is 0.151 e. The van der Waals surface area contributed by atoms with Gasteiger partial charge in [0.1, 0.15) is 16.5 Å². The standard InChI is InChI=1S/C8H6FN3S/c9-5-2-1-3-11-7(5)8-12-6(10)4-13-8/h1-4H,10H2. The number of hydrogen-bond acceptors (Lipinski definition) is 4. The van der Waals surface area contributed by atoms with Gasteiger partial charge in [-0.25, -0.2) is 9.37 Å². The van der Waals surface area contributed by atoms with Gasteiger partial charge in [-0.05, 0) is 12.1 Å². The summed E-state index contributed by atoms with van der Waals surface area (Å²) in [4.78, 5) is 7.81. The Bertz CT molecular complexity index is 427. The second kappa shape index (κ2) is 3.10. The van der Waals surface area contributed by atoms with E-state index in [9.17, 15) is 4.39 Å². The van der Waals surface area contributed by atoms with Gasteiger partial charge in [-0.3, -0.25) is 4.98 Å². The summed E-state index contributed by atoms with van der Waals surface area (Å²) in [5.41, 5.74) is 5.67. The third kappa shape index (κ3) is 1.50. The lowest BCUT2D eigenvalue weighted by molar-refractivity contribution is 0.625. The van der Waals surface area contributed by atoms with Crippen LogP contribution in [0.2, 0.25) is 0 Å². The van der Waals surface area contributed by atoms with E-state index in [1.54, 1.807) is 5.38 Å². The molecule has 0 unspecified atom stereocenters. The van der Waals surface area contributed by atoms with Crippen molar-refractivity contribution in [2.75, 3.05) is 5.73 Å². The van der Waals surface area contributed by atoms with Crippen molar-refractivity contribution in [3.05, 3.63) is 29.5 Å². The van der Waals surface area contributed by atoms with E-state index in [-0.39, 0.29) is 11.5 Å². The number of nitrogen functional groups attached to an aromatic ring is 1. The molecule has 2 aromatic heterocycles. The van der Waals surface area contributed by atoms with E-state index in [4.69, 9.17) is 5.73 Å².